The van der Waals surface area contributed by atoms with Crippen molar-refractivity contribution >= 4 is 21.7 Å². The minimum atomic E-state index is -0.0139. The molecule has 0 spiro atoms. The van der Waals surface area contributed by atoms with E-state index in [1.54, 1.807) is 0 Å². The molecule has 0 amide bonds. The summed E-state index contributed by atoms with van der Waals surface area (Å²) in [5.41, 5.74) is -0.0139. The minimum Gasteiger partial charge on any atom is -0.354 e. The maximum atomic E-state index is 4.77. The molecule has 0 aliphatic carbocycles. The maximum Gasteiger partial charge on any atom is 0.137 e. The van der Waals surface area contributed by atoms with Crippen LogP contribution < -0.4 is 4.90 Å². The first-order valence-corrected chi connectivity index (χ1v) is 7.53. The van der Waals surface area contributed by atoms with Crippen LogP contribution in [0, 0.1) is 0 Å². The van der Waals surface area contributed by atoms with Gasteiger partial charge in [-0.1, -0.05) is 27.7 Å². The summed E-state index contributed by atoms with van der Waals surface area (Å²) in [6.07, 6.45) is 3.74. The zero-order valence-corrected chi connectivity index (χ0v) is 13.3. The number of aromatic nitrogens is 2. The van der Waals surface area contributed by atoms with Crippen molar-refractivity contribution in [2.45, 2.75) is 58.4 Å². The molecule has 1 aromatic heterocycles. The van der Waals surface area contributed by atoms with Crippen LogP contribution in [0.1, 0.15) is 52.8 Å². The van der Waals surface area contributed by atoms with Crippen LogP contribution >= 0.6 is 15.9 Å². The normalized spacial score (nSPS) is 20.5. The number of anilines is 1. The third-order valence-corrected chi connectivity index (χ3v) is 3.90. The van der Waals surface area contributed by atoms with Crippen molar-refractivity contribution in [2.75, 3.05) is 11.4 Å². The highest BCUT2D eigenvalue weighted by atomic mass is 79.9. The van der Waals surface area contributed by atoms with Gasteiger partial charge in [-0.2, -0.15) is 0 Å². The molecule has 1 unspecified atom stereocenters. The fraction of sp³-hybridized carbons (Fsp3) is 0.714. The molecule has 0 N–H and O–H groups in total. The Morgan fingerprint density at radius 3 is 2.72 bits per heavy atom. The molecule has 1 saturated heterocycles. The van der Waals surface area contributed by atoms with Crippen LogP contribution in [0.5, 0.6) is 0 Å². The highest BCUT2D eigenvalue weighted by Crippen LogP contribution is 2.29. The molecular formula is C14H22BrN3. The van der Waals surface area contributed by atoms with Crippen LogP contribution in [0.15, 0.2) is 10.7 Å². The molecule has 4 heteroatoms. The summed E-state index contributed by atoms with van der Waals surface area (Å²) in [6, 6.07) is 2.68. The van der Waals surface area contributed by atoms with Crippen LogP contribution in [0.2, 0.25) is 0 Å². The number of hydrogen-bond donors (Lipinski definition) is 0. The first-order valence-electron chi connectivity index (χ1n) is 6.73. The van der Waals surface area contributed by atoms with E-state index in [2.05, 4.69) is 53.5 Å². The standard InChI is InChI=1S/C14H22BrN3/c1-5-10-7-6-8-18(10)12-9-11(15)16-13(17-12)14(2,3)4/h9-10H,5-8H2,1-4H3. The molecule has 1 aliphatic rings. The lowest BCUT2D eigenvalue weighted by Crippen LogP contribution is -2.30. The molecule has 0 bridgehead atoms. The average molecular weight is 312 g/mol. The van der Waals surface area contributed by atoms with E-state index in [4.69, 9.17) is 4.98 Å². The molecule has 0 radical (unpaired) electrons. The summed E-state index contributed by atoms with van der Waals surface area (Å²) in [4.78, 5) is 11.7. The molecule has 100 valence electrons. The van der Waals surface area contributed by atoms with Crippen molar-refractivity contribution in [3.63, 3.8) is 0 Å². The number of rotatable bonds is 2. The Bertz CT molecular complexity index is 426. The van der Waals surface area contributed by atoms with Crippen molar-refractivity contribution < 1.29 is 0 Å². The van der Waals surface area contributed by atoms with Gasteiger partial charge in [-0.25, -0.2) is 9.97 Å². The Labute approximate surface area is 118 Å². The monoisotopic (exact) mass is 311 g/mol. The molecule has 18 heavy (non-hydrogen) atoms. The first-order chi connectivity index (χ1) is 8.41. The third-order valence-electron chi connectivity index (χ3n) is 3.49. The van der Waals surface area contributed by atoms with Gasteiger partial charge in [0.15, 0.2) is 0 Å². The molecule has 3 nitrogen and oxygen atoms in total. The van der Waals surface area contributed by atoms with E-state index in [0.29, 0.717) is 6.04 Å². The Balaban J connectivity index is 2.36. The summed E-state index contributed by atoms with van der Waals surface area (Å²) >= 11 is 3.52. The summed E-state index contributed by atoms with van der Waals surface area (Å²) in [5.74, 6) is 1.99. The first kappa shape index (κ1) is 13.8. The smallest absolute Gasteiger partial charge is 0.137 e. The Morgan fingerprint density at radius 1 is 1.39 bits per heavy atom. The quantitative estimate of drug-likeness (QED) is 0.775. The fourth-order valence-electron chi connectivity index (χ4n) is 2.45. The fourth-order valence-corrected chi connectivity index (χ4v) is 2.82. The predicted molar refractivity (Wildman–Crippen MR) is 79.1 cm³/mol. The van der Waals surface area contributed by atoms with E-state index >= 15 is 0 Å². The van der Waals surface area contributed by atoms with Crippen molar-refractivity contribution in [1.82, 2.24) is 9.97 Å². The van der Waals surface area contributed by atoms with E-state index in [1.807, 2.05) is 6.07 Å². The van der Waals surface area contributed by atoms with Gasteiger partial charge in [0.2, 0.25) is 0 Å². The molecule has 1 aromatic rings. The summed E-state index contributed by atoms with van der Waals surface area (Å²) < 4.78 is 0.888. The van der Waals surface area contributed by atoms with Crippen LogP contribution in [-0.2, 0) is 5.41 Å². The van der Waals surface area contributed by atoms with Crippen molar-refractivity contribution in [1.29, 1.82) is 0 Å². The van der Waals surface area contributed by atoms with Crippen molar-refractivity contribution in [2.24, 2.45) is 0 Å². The average Bonchev–Trinajstić information content (AvgIpc) is 2.74. The Morgan fingerprint density at radius 2 is 2.11 bits per heavy atom. The van der Waals surface area contributed by atoms with Gasteiger partial charge in [0.1, 0.15) is 16.2 Å². The highest BCUT2D eigenvalue weighted by Gasteiger charge is 2.26. The van der Waals surface area contributed by atoms with Crippen LogP contribution in [0.25, 0.3) is 0 Å². The van der Waals surface area contributed by atoms with Gasteiger partial charge in [-0.15, -0.1) is 0 Å². The molecule has 2 rings (SSSR count). The number of hydrogen-bond acceptors (Lipinski definition) is 3. The minimum absolute atomic E-state index is 0.0139. The predicted octanol–water partition coefficient (Wildman–Crippen LogP) is 3.92. The van der Waals surface area contributed by atoms with Gasteiger partial charge in [-0.05, 0) is 35.2 Å². The van der Waals surface area contributed by atoms with Gasteiger partial charge >= 0.3 is 0 Å². The highest BCUT2D eigenvalue weighted by molar-refractivity contribution is 9.10. The second-order valence-electron chi connectivity index (χ2n) is 6.02. The lowest BCUT2D eigenvalue weighted by molar-refractivity contribution is 0.540. The number of halogens is 1. The second kappa shape index (κ2) is 5.16. The topological polar surface area (TPSA) is 29.0 Å². The lowest BCUT2D eigenvalue weighted by Gasteiger charge is -2.26. The Hall–Kier alpha value is -0.640. The van der Waals surface area contributed by atoms with Gasteiger partial charge in [0, 0.05) is 24.1 Å². The Kier molecular flexibility index (Phi) is 3.95. The zero-order valence-electron chi connectivity index (χ0n) is 11.7. The van der Waals surface area contributed by atoms with E-state index in [1.165, 1.54) is 19.3 Å². The summed E-state index contributed by atoms with van der Waals surface area (Å²) in [7, 11) is 0. The lowest BCUT2D eigenvalue weighted by atomic mass is 9.96. The van der Waals surface area contributed by atoms with Crippen LogP contribution in [0.3, 0.4) is 0 Å². The molecule has 1 fully saturated rings. The van der Waals surface area contributed by atoms with E-state index in [-0.39, 0.29) is 5.41 Å². The van der Waals surface area contributed by atoms with Gasteiger partial charge in [-0.3, -0.25) is 0 Å². The third kappa shape index (κ3) is 2.85. The van der Waals surface area contributed by atoms with Gasteiger partial charge in [0.25, 0.3) is 0 Å². The maximum absolute atomic E-state index is 4.77. The van der Waals surface area contributed by atoms with E-state index in [9.17, 15) is 0 Å². The summed E-state index contributed by atoms with van der Waals surface area (Å²) in [5, 5.41) is 0. The van der Waals surface area contributed by atoms with E-state index in [0.717, 1.165) is 22.8 Å². The van der Waals surface area contributed by atoms with Gasteiger partial charge < -0.3 is 4.90 Å². The van der Waals surface area contributed by atoms with Crippen molar-refractivity contribution in [3.05, 3.63) is 16.5 Å². The molecule has 2 heterocycles. The zero-order chi connectivity index (χ0) is 13.3. The largest absolute Gasteiger partial charge is 0.354 e. The molecular weight excluding hydrogens is 290 g/mol. The molecule has 0 aromatic carbocycles. The van der Waals surface area contributed by atoms with Gasteiger partial charge in [0.05, 0.1) is 0 Å². The number of nitrogens with zero attached hydrogens (tertiary/aromatic N) is 3. The second-order valence-corrected chi connectivity index (χ2v) is 6.83. The van der Waals surface area contributed by atoms with E-state index < -0.39 is 0 Å². The van der Waals surface area contributed by atoms with Crippen molar-refractivity contribution in [3.8, 4) is 0 Å². The summed E-state index contributed by atoms with van der Waals surface area (Å²) in [6.45, 7) is 9.83. The SMILES string of the molecule is CCC1CCCN1c1cc(Br)nc(C(C)(C)C)n1. The van der Waals surface area contributed by atoms with Crippen LogP contribution in [-0.4, -0.2) is 22.6 Å². The van der Waals surface area contributed by atoms with Crippen LogP contribution in [0.4, 0.5) is 5.82 Å². The molecule has 1 aliphatic heterocycles. The molecule has 0 saturated carbocycles. The molecule has 1 atom stereocenters.